The Bertz CT molecular complexity index is 1050. The number of aliphatic hydroxyl groups is 1. The summed E-state index contributed by atoms with van der Waals surface area (Å²) in [6.45, 7) is 8.54. The highest BCUT2D eigenvalue weighted by Gasteiger charge is 2.36. The lowest BCUT2D eigenvalue weighted by atomic mass is 9.69. The van der Waals surface area contributed by atoms with Gasteiger partial charge in [0.15, 0.2) is 0 Å². The predicted octanol–water partition coefficient (Wildman–Crippen LogP) is 5.86. The largest absolute Gasteiger partial charge is 0.497 e. The summed E-state index contributed by atoms with van der Waals surface area (Å²) < 4.78 is 17.2. The molecule has 1 amide bonds. The maximum Gasteiger partial charge on any atom is 0.314 e. The number of rotatable bonds is 14. The fourth-order valence-corrected chi connectivity index (χ4v) is 5.73. The van der Waals surface area contributed by atoms with Crippen LogP contribution >= 0.6 is 0 Å². The van der Waals surface area contributed by atoms with Gasteiger partial charge in [-0.15, -0.1) is 0 Å². The van der Waals surface area contributed by atoms with Gasteiger partial charge >= 0.3 is 5.97 Å². The Morgan fingerprint density at radius 3 is 2.55 bits per heavy atom. The predicted molar refractivity (Wildman–Crippen MR) is 152 cm³/mol. The van der Waals surface area contributed by atoms with Gasteiger partial charge in [0.25, 0.3) is 0 Å². The molecule has 8 nitrogen and oxygen atoms in total. The molecule has 222 valence electrons. The van der Waals surface area contributed by atoms with E-state index in [9.17, 15) is 14.7 Å². The molecule has 40 heavy (non-hydrogen) atoms. The Hall–Kier alpha value is -2.68. The summed E-state index contributed by atoms with van der Waals surface area (Å²) in [5, 5.41) is 20.1. The standard InChI is InChI=1S/C32H47NO7/c1-6-21(3)32(36)40-29-16-20(2)15-24-10-7-22(4)28(31(24)29)14-11-25(34)17-27(18-30(35)33-37)39-19-23-8-12-26(38-5)13-9-23/h8-9,12-13,16,20-22,25,27-28,34,37H,6-7,10-11,14-15,17-19H2,1-5H3,(H,33,35)/t20-,21-,22-,25-,27-,28-/m1/s1. The minimum absolute atomic E-state index is 0.0603. The van der Waals surface area contributed by atoms with Crippen molar-refractivity contribution in [2.75, 3.05) is 7.11 Å². The van der Waals surface area contributed by atoms with Crippen LogP contribution in [0.5, 0.6) is 5.75 Å². The third kappa shape index (κ3) is 8.91. The Balaban J connectivity index is 1.66. The monoisotopic (exact) mass is 557 g/mol. The number of allylic oxidation sites excluding steroid dienone is 3. The van der Waals surface area contributed by atoms with E-state index in [1.165, 1.54) is 5.57 Å². The molecule has 0 heterocycles. The first-order valence-corrected chi connectivity index (χ1v) is 14.7. The number of benzene rings is 1. The molecule has 1 aromatic carbocycles. The first-order chi connectivity index (χ1) is 19.1. The number of esters is 1. The van der Waals surface area contributed by atoms with Crippen molar-refractivity contribution < 1.29 is 34.1 Å². The van der Waals surface area contributed by atoms with Crippen LogP contribution in [0.25, 0.3) is 0 Å². The quantitative estimate of drug-likeness (QED) is 0.149. The number of amides is 1. The zero-order valence-electron chi connectivity index (χ0n) is 24.7. The van der Waals surface area contributed by atoms with Gasteiger partial charge in [-0.3, -0.25) is 14.8 Å². The van der Waals surface area contributed by atoms with Crippen LogP contribution in [0.15, 0.2) is 47.2 Å². The van der Waals surface area contributed by atoms with E-state index in [-0.39, 0.29) is 37.3 Å². The van der Waals surface area contributed by atoms with Crippen molar-refractivity contribution in [2.24, 2.45) is 23.7 Å². The molecule has 0 spiro atoms. The van der Waals surface area contributed by atoms with Crippen LogP contribution < -0.4 is 10.2 Å². The van der Waals surface area contributed by atoms with E-state index in [0.717, 1.165) is 49.0 Å². The Labute approximate surface area is 238 Å². The lowest BCUT2D eigenvalue weighted by Crippen LogP contribution is -2.30. The Morgan fingerprint density at radius 2 is 1.90 bits per heavy atom. The van der Waals surface area contributed by atoms with E-state index < -0.39 is 18.1 Å². The summed E-state index contributed by atoms with van der Waals surface area (Å²) >= 11 is 0. The summed E-state index contributed by atoms with van der Waals surface area (Å²) in [5.74, 6) is 1.45. The first-order valence-electron chi connectivity index (χ1n) is 14.7. The molecule has 3 N–H and O–H groups in total. The zero-order valence-corrected chi connectivity index (χ0v) is 24.7. The molecule has 1 aromatic rings. The summed E-state index contributed by atoms with van der Waals surface area (Å²) in [4.78, 5) is 24.6. The minimum atomic E-state index is -0.692. The number of nitrogens with one attached hydrogen (secondary N) is 1. The average molecular weight is 558 g/mol. The van der Waals surface area contributed by atoms with E-state index in [1.54, 1.807) is 12.6 Å². The van der Waals surface area contributed by atoms with E-state index in [2.05, 4.69) is 19.9 Å². The number of carbonyl (C=O) groups excluding carboxylic acids is 2. The van der Waals surface area contributed by atoms with Gasteiger partial charge < -0.3 is 19.3 Å². The first kappa shape index (κ1) is 31.8. The molecule has 2 aliphatic rings. The normalized spacial score (nSPS) is 23.0. The molecule has 3 rings (SSSR count). The number of aliphatic hydroxyl groups excluding tert-OH is 1. The summed E-state index contributed by atoms with van der Waals surface area (Å²) in [6, 6.07) is 7.45. The number of hydroxylamine groups is 1. The molecular formula is C32H47NO7. The van der Waals surface area contributed by atoms with Crippen LogP contribution in [-0.4, -0.2) is 41.5 Å². The van der Waals surface area contributed by atoms with Crippen LogP contribution in [0.1, 0.15) is 84.6 Å². The van der Waals surface area contributed by atoms with Crippen molar-refractivity contribution in [3.8, 4) is 5.75 Å². The van der Waals surface area contributed by atoms with Crippen LogP contribution in [-0.2, 0) is 25.7 Å². The Kier molecular flexibility index (Phi) is 12.2. The van der Waals surface area contributed by atoms with Crippen LogP contribution in [0.4, 0.5) is 0 Å². The third-order valence-corrected chi connectivity index (χ3v) is 8.36. The van der Waals surface area contributed by atoms with Crippen molar-refractivity contribution in [2.45, 2.75) is 97.9 Å². The molecular weight excluding hydrogens is 510 g/mol. The van der Waals surface area contributed by atoms with E-state index in [1.807, 2.05) is 38.1 Å². The van der Waals surface area contributed by atoms with Gasteiger partial charge in [0.05, 0.1) is 38.3 Å². The van der Waals surface area contributed by atoms with Crippen LogP contribution in [0, 0.1) is 23.7 Å². The molecule has 0 radical (unpaired) electrons. The second-order valence-corrected chi connectivity index (χ2v) is 11.6. The van der Waals surface area contributed by atoms with Gasteiger partial charge in [-0.1, -0.05) is 45.4 Å². The van der Waals surface area contributed by atoms with Gasteiger partial charge in [0.1, 0.15) is 11.5 Å². The van der Waals surface area contributed by atoms with Crippen LogP contribution in [0.3, 0.4) is 0 Å². The van der Waals surface area contributed by atoms with Crippen LogP contribution in [0.2, 0.25) is 0 Å². The molecule has 6 atom stereocenters. The molecule has 0 unspecified atom stereocenters. The fraction of sp³-hybridized carbons (Fsp3) is 0.625. The molecule has 0 saturated heterocycles. The van der Waals surface area contributed by atoms with Gasteiger partial charge in [-0.25, -0.2) is 5.48 Å². The van der Waals surface area contributed by atoms with Gasteiger partial charge in [-0.2, -0.15) is 0 Å². The third-order valence-electron chi connectivity index (χ3n) is 8.36. The number of carbonyl (C=O) groups is 2. The fourth-order valence-electron chi connectivity index (χ4n) is 5.73. The van der Waals surface area contributed by atoms with Crippen molar-refractivity contribution >= 4 is 11.9 Å². The smallest absolute Gasteiger partial charge is 0.314 e. The Morgan fingerprint density at radius 1 is 1.18 bits per heavy atom. The minimum Gasteiger partial charge on any atom is -0.497 e. The molecule has 2 aliphatic carbocycles. The number of hydrogen-bond donors (Lipinski definition) is 3. The molecule has 0 aliphatic heterocycles. The molecule has 0 bridgehead atoms. The van der Waals surface area contributed by atoms with Gasteiger partial charge in [0.2, 0.25) is 5.91 Å². The van der Waals surface area contributed by atoms with Crippen molar-refractivity contribution in [1.82, 2.24) is 5.48 Å². The van der Waals surface area contributed by atoms with E-state index in [0.29, 0.717) is 24.0 Å². The second-order valence-electron chi connectivity index (χ2n) is 11.6. The number of ether oxygens (including phenoxy) is 3. The van der Waals surface area contributed by atoms with Crippen molar-refractivity contribution in [1.29, 1.82) is 0 Å². The lowest BCUT2D eigenvalue weighted by Gasteiger charge is -2.38. The van der Waals surface area contributed by atoms with E-state index >= 15 is 0 Å². The second kappa shape index (κ2) is 15.4. The molecule has 8 heteroatoms. The average Bonchev–Trinajstić information content (AvgIpc) is 2.95. The maximum atomic E-state index is 12.7. The maximum absolute atomic E-state index is 12.7. The highest BCUT2D eigenvalue weighted by Crippen LogP contribution is 2.46. The lowest BCUT2D eigenvalue weighted by molar-refractivity contribution is -0.143. The zero-order chi connectivity index (χ0) is 29.2. The van der Waals surface area contributed by atoms with Crippen molar-refractivity contribution in [3.63, 3.8) is 0 Å². The molecule has 0 saturated carbocycles. The molecule has 0 fully saturated rings. The summed E-state index contributed by atoms with van der Waals surface area (Å²) in [5.41, 5.74) is 5.12. The summed E-state index contributed by atoms with van der Waals surface area (Å²) in [7, 11) is 1.60. The van der Waals surface area contributed by atoms with Crippen molar-refractivity contribution in [3.05, 3.63) is 52.8 Å². The highest BCUT2D eigenvalue weighted by atomic mass is 16.5. The van der Waals surface area contributed by atoms with Gasteiger partial charge in [0, 0.05) is 6.42 Å². The SMILES string of the molecule is CC[C@@H](C)C(=O)OC1=C[C@H](C)CC2=C1[C@H](CC[C@@H](O)C[C@H](CC(=O)NO)OCc1ccc(OC)cc1)[C@H](C)CC2. The molecule has 0 aromatic heterocycles. The number of methoxy groups -OCH3 is 1. The summed E-state index contributed by atoms with van der Waals surface area (Å²) in [6.07, 6.45) is 6.10. The topological polar surface area (TPSA) is 114 Å². The number of hydrogen-bond acceptors (Lipinski definition) is 7. The van der Waals surface area contributed by atoms with E-state index in [4.69, 9.17) is 19.4 Å². The van der Waals surface area contributed by atoms with Gasteiger partial charge in [-0.05, 0) is 85.6 Å². The highest BCUT2D eigenvalue weighted by molar-refractivity contribution is 5.75.